The number of aromatic nitrogens is 3. The van der Waals surface area contributed by atoms with Crippen molar-refractivity contribution >= 4 is 17.3 Å². The van der Waals surface area contributed by atoms with Crippen LogP contribution in [-0.2, 0) is 6.54 Å². The van der Waals surface area contributed by atoms with Gasteiger partial charge in [-0.05, 0) is 31.5 Å². The Morgan fingerprint density at radius 3 is 2.95 bits per heavy atom. The summed E-state index contributed by atoms with van der Waals surface area (Å²) in [4.78, 5) is 11.7. The summed E-state index contributed by atoms with van der Waals surface area (Å²) in [5, 5.41) is 13.6. The molecule has 0 saturated carbocycles. The minimum Gasteiger partial charge on any atom is -0.397 e. The zero-order chi connectivity index (χ0) is 15.1. The Balaban J connectivity index is 1.84. The van der Waals surface area contributed by atoms with Gasteiger partial charge >= 0.3 is 0 Å². The minimum absolute atomic E-state index is 0.109. The van der Waals surface area contributed by atoms with Gasteiger partial charge in [0.2, 0.25) is 0 Å². The van der Waals surface area contributed by atoms with Crippen LogP contribution in [0.3, 0.4) is 0 Å². The second-order valence-corrected chi connectivity index (χ2v) is 4.61. The molecule has 1 aromatic carbocycles. The SMILES string of the molecule is CCNC(=O)c1ccc(NCCCn2ccnn2)c(N)c1. The number of amides is 1. The highest BCUT2D eigenvalue weighted by Crippen LogP contribution is 2.19. The smallest absolute Gasteiger partial charge is 0.251 e. The van der Waals surface area contributed by atoms with Gasteiger partial charge in [-0.25, -0.2) is 0 Å². The van der Waals surface area contributed by atoms with Crippen molar-refractivity contribution in [2.45, 2.75) is 19.9 Å². The van der Waals surface area contributed by atoms with Gasteiger partial charge in [0.15, 0.2) is 0 Å². The van der Waals surface area contributed by atoms with Crippen LogP contribution < -0.4 is 16.4 Å². The van der Waals surface area contributed by atoms with Crippen LogP contribution in [0, 0.1) is 0 Å². The second-order valence-electron chi connectivity index (χ2n) is 4.61. The largest absolute Gasteiger partial charge is 0.397 e. The number of carbonyl (C=O) groups excluding carboxylic acids is 1. The molecule has 1 aromatic heterocycles. The summed E-state index contributed by atoms with van der Waals surface area (Å²) in [5.74, 6) is -0.109. The summed E-state index contributed by atoms with van der Waals surface area (Å²) in [7, 11) is 0. The number of nitrogens with zero attached hydrogens (tertiary/aromatic N) is 3. The van der Waals surface area contributed by atoms with E-state index >= 15 is 0 Å². The molecule has 0 bridgehead atoms. The zero-order valence-electron chi connectivity index (χ0n) is 12.0. The van der Waals surface area contributed by atoms with E-state index in [0.29, 0.717) is 17.8 Å². The summed E-state index contributed by atoms with van der Waals surface area (Å²) in [6.07, 6.45) is 4.39. The summed E-state index contributed by atoms with van der Waals surface area (Å²) in [6.45, 7) is 4.04. The Labute approximate surface area is 123 Å². The molecule has 0 saturated heterocycles. The van der Waals surface area contributed by atoms with E-state index in [2.05, 4.69) is 20.9 Å². The Kier molecular flexibility index (Phi) is 5.14. The average Bonchev–Trinajstić information content (AvgIpc) is 2.98. The Morgan fingerprint density at radius 1 is 1.43 bits per heavy atom. The third-order valence-corrected chi connectivity index (χ3v) is 3.00. The molecule has 0 radical (unpaired) electrons. The molecule has 0 aliphatic rings. The molecule has 2 aromatic rings. The van der Waals surface area contributed by atoms with Gasteiger partial charge < -0.3 is 16.4 Å². The van der Waals surface area contributed by atoms with Crippen molar-refractivity contribution in [2.75, 3.05) is 24.1 Å². The van der Waals surface area contributed by atoms with Crippen LogP contribution in [0.4, 0.5) is 11.4 Å². The Hall–Kier alpha value is -2.57. The van der Waals surface area contributed by atoms with E-state index in [1.807, 2.05) is 19.2 Å². The normalized spacial score (nSPS) is 10.3. The fraction of sp³-hybridized carbons (Fsp3) is 0.357. The number of hydrogen-bond acceptors (Lipinski definition) is 5. The van der Waals surface area contributed by atoms with Crippen LogP contribution in [0.1, 0.15) is 23.7 Å². The fourth-order valence-corrected chi connectivity index (χ4v) is 1.94. The molecule has 0 aliphatic carbocycles. The quantitative estimate of drug-likeness (QED) is 0.524. The van der Waals surface area contributed by atoms with Gasteiger partial charge in [0.25, 0.3) is 5.91 Å². The molecular formula is C14H20N6O. The lowest BCUT2D eigenvalue weighted by Gasteiger charge is -2.11. The number of benzene rings is 1. The monoisotopic (exact) mass is 288 g/mol. The highest BCUT2D eigenvalue weighted by Gasteiger charge is 2.06. The molecule has 0 spiro atoms. The maximum absolute atomic E-state index is 11.7. The first kappa shape index (κ1) is 14.8. The molecule has 7 heteroatoms. The molecule has 112 valence electrons. The molecule has 1 heterocycles. The van der Waals surface area contributed by atoms with Gasteiger partial charge in [-0.15, -0.1) is 5.10 Å². The molecule has 0 unspecified atom stereocenters. The molecule has 7 nitrogen and oxygen atoms in total. The van der Waals surface area contributed by atoms with Crippen molar-refractivity contribution < 1.29 is 4.79 Å². The number of nitrogens with one attached hydrogen (secondary N) is 2. The number of aryl methyl sites for hydroxylation is 1. The third kappa shape index (κ3) is 4.20. The first-order valence-electron chi connectivity index (χ1n) is 6.96. The number of rotatable bonds is 7. The van der Waals surface area contributed by atoms with Crippen molar-refractivity contribution in [3.63, 3.8) is 0 Å². The van der Waals surface area contributed by atoms with Crippen LogP contribution >= 0.6 is 0 Å². The summed E-state index contributed by atoms with van der Waals surface area (Å²) >= 11 is 0. The molecule has 0 fully saturated rings. The molecule has 21 heavy (non-hydrogen) atoms. The van der Waals surface area contributed by atoms with E-state index in [-0.39, 0.29) is 5.91 Å². The second kappa shape index (κ2) is 7.28. The number of nitrogen functional groups attached to an aromatic ring is 1. The van der Waals surface area contributed by atoms with Gasteiger partial charge in [0.1, 0.15) is 0 Å². The summed E-state index contributed by atoms with van der Waals surface area (Å²) < 4.78 is 1.78. The van der Waals surface area contributed by atoms with Crippen molar-refractivity contribution in [1.29, 1.82) is 0 Å². The van der Waals surface area contributed by atoms with Crippen LogP contribution in [-0.4, -0.2) is 34.0 Å². The van der Waals surface area contributed by atoms with E-state index < -0.39 is 0 Å². The minimum atomic E-state index is -0.109. The molecular weight excluding hydrogens is 268 g/mol. The molecule has 0 aliphatic heterocycles. The van der Waals surface area contributed by atoms with Gasteiger partial charge in [-0.1, -0.05) is 5.21 Å². The van der Waals surface area contributed by atoms with Gasteiger partial charge in [-0.3, -0.25) is 9.48 Å². The molecule has 2 rings (SSSR count). The van der Waals surface area contributed by atoms with Crippen LogP contribution in [0.15, 0.2) is 30.6 Å². The van der Waals surface area contributed by atoms with E-state index in [1.54, 1.807) is 23.0 Å². The summed E-state index contributed by atoms with van der Waals surface area (Å²) in [5.41, 5.74) is 7.94. The number of nitrogens with two attached hydrogens (primary N) is 1. The first-order valence-corrected chi connectivity index (χ1v) is 6.96. The third-order valence-electron chi connectivity index (χ3n) is 3.00. The van der Waals surface area contributed by atoms with Crippen LogP contribution in [0.2, 0.25) is 0 Å². The lowest BCUT2D eigenvalue weighted by Crippen LogP contribution is -2.22. The lowest BCUT2D eigenvalue weighted by atomic mass is 10.1. The number of anilines is 2. The van der Waals surface area contributed by atoms with E-state index in [9.17, 15) is 4.79 Å². The van der Waals surface area contributed by atoms with E-state index in [4.69, 9.17) is 5.73 Å². The Bertz CT molecular complexity index is 581. The molecule has 0 atom stereocenters. The van der Waals surface area contributed by atoms with Gasteiger partial charge in [0, 0.05) is 31.4 Å². The van der Waals surface area contributed by atoms with Gasteiger partial charge in [-0.2, -0.15) is 0 Å². The zero-order valence-corrected chi connectivity index (χ0v) is 12.0. The average molecular weight is 288 g/mol. The van der Waals surface area contributed by atoms with Crippen molar-refractivity contribution in [3.05, 3.63) is 36.2 Å². The summed E-state index contributed by atoms with van der Waals surface area (Å²) in [6, 6.07) is 5.28. The number of carbonyl (C=O) groups is 1. The maximum Gasteiger partial charge on any atom is 0.251 e. The standard InChI is InChI=1S/C14H20N6O/c1-2-16-14(21)11-4-5-13(12(15)10-11)17-6-3-8-20-9-7-18-19-20/h4-5,7,9-10,17H,2-3,6,8,15H2,1H3,(H,16,21). The van der Waals surface area contributed by atoms with Crippen molar-refractivity contribution in [1.82, 2.24) is 20.3 Å². The Morgan fingerprint density at radius 2 is 2.29 bits per heavy atom. The van der Waals surface area contributed by atoms with Crippen LogP contribution in [0.25, 0.3) is 0 Å². The van der Waals surface area contributed by atoms with E-state index in [1.165, 1.54) is 0 Å². The maximum atomic E-state index is 11.7. The molecule has 1 amide bonds. The highest BCUT2D eigenvalue weighted by molar-refractivity contribution is 5.96. The first-order chi connectivity index (χ1) is 10.2. The highest BCUT2D eigenvalue weighted by atomic mass is 16.1. The van der Waals surface area contributed by atoms with Crippen LogP contribution in [0.5, 0.6) is 0 Å². The van der Waals surface area contributed by atoms with Crippen molar-refractivity contribution in [2.24, 2.45) is 0 Å². The lowest BCUT2D eigenvalue weighted by molar-refractivity contribution is 0.0956. The van der Waals surface area contributed by atoms with Crippen molar-refractivity contribution in [3.8, 4) is 0 Å². The fourth-order valence-electron chi connectivity index (χ4n) is 1.94. The van der Waals surface area contributed by atoms with E-state index in [0.717, 1.165) is 25.2 Å². The predicted octanol–water partition coefficient (Wildman–Crippen LogP) is 1.11. The predicted molar refractivity (Wildman–Crippen MR) is 82.0 cm³/mol. The topological polar surface area (TPSA) is 97.9 Å². The number of hydrogen-bond donors (Lipinski definition) is 3. The molecule has 4 N–H and O–H groups in total. The van der Waals surface area contributed by atoms with Gasteiger partial charge in [0.05, 0.1) is 17.6 Å².